The molecule has 2 aromatic rings. The van der Waals surface area contributed by atoms with E-state index < -0.39 is 0 Å². The van der Waals surface area contributed by atoms with E-state index in [9.17, 15) is 0 Å². The van der Waals surface area contributed by atoms with Gasteiger partial charge in [-0.2, -0.15) is 0 Å². The van der Waals surface area contributed by atoms with E-state index in [1.165, 1.54) is 0 Å². The van der Waals surface area contributed by atoms with Crippen LogP contribution in [0.3, 0.4) is 0 Å². The summed E-state index contributed by atoms with van der Waals surface area (Å²) in [7, 11) is 0. The van der Waals surface area contributed by atoms with Gasteiger partial charge in [0.1, 0.15) is 0 Å². The molecule has 1 atom stereocenters. The number of pyridine rings is 1. The summed E-state index contributed by atoms with van der Waals surface area (Å²) >= 11 is 9.59. The van der Waals surface area contributed by atoms with Crippen LogP contribution in [0.5, 0.6) is 0 Å². The molecule has 1 aromatic heterocycles. The molecule has 0 amide bonds. The average Bonchev–Trinajstić information content (AvgIpc) is 2.32. The molecule has 0 bridgehead atoms. The summed E-state index contributed by atoms with van der Waals surface area (Å²) < 4.78 is 0.956. The topological polar surface area (TPSA) is 38.9 Å². The first kappa shape index (κ1) is 13.5. The van der Waals surface area contributed by atoms with E-state index in [-0.39, 0.29) is 6.04 Å². The number of nitrogens with zero attached hydrogens (tertiary/aromatic N) is 1. The Balaban J connectivity index is 2.22. The second kappa shape index (κ2) is 5.83. The molecule has 2 nitrogen and oxygen atoms in total. The van der Waals surface area contributed by atoms with E-state index in [0.29, 0.717) is 11.4 Å². The third kappa shape index (κ3) is 3.10. The Morgan fingerprint density at radius 2 is 2.17 bits per heavy atom. The maximum atomic E-state index is 6.21. The molecule has 0 saturated heterocycles. The third-order valence-electron chi connectivity index (χ3n) is 2.89. The van der Waals surface area contributed by atoms with E-state index in [2.05, 4.69) is 20.9 Å². The van der Waals surface area contributed by atoms with Crippen LogP contribution in [0, 0.1) is 6.92 Å². The normalized spacial score (nSPS) is 12.4. The van der Waals surface area contributed by atoms with Crippen LogP contribution in [0.1, 0.15) is 22.9 Å². The van der Waals surface area contributed by atoms with Crippen LogP contribution in [-0.2, 0) is 6.42 Å². The highest BCUT2D eigenvalue weighted by molar-refractivity contribution is 9.10. The van der Waals surface area contributed by atoms with Gasteiger partial charge in [-0.3, -0.25) is 4.98 Å². The molecule has 2 N–H and O–H groups in total. The summed E-state index contributed by atoms with van der Waals surface area (Å²) in [6.45, 7) is 2.04. The first-order valence-corrected chi connectivity index (χ1v) is 6.86. The Morgan fingerprint density at radius 3 is 2.83 bits per heavy atom. The minimum Gasteiger partial charge on any atom is -0.324 e. The summed E-state index contributed by atoms with van der Waals surface area (Å²) in [4.78, 5) is 4.36. The molecular formula is C14H14BrClN2. The summed E-state index contributed by atoms with van der Waals surface area (Å²) in [6.07, 6.45) is 2.48. The summed E-state index contributed by atoms with van der Waals surface area (Å²) in [5, 5.41) is 0.686. The maximum Gasteiger partial charge on any atom is 0.0465 e. The molecule has 2 rings (SSSR count). The van der Waals surface area contributed by atoms with Gasteiger partial charge in [-0.05, 0) is 36.2 Å². The largest absolute Gasteiger partial charge is 0.324 e. The fourth-order valence-corrected chi connectivity index (χ4v) is 2.67. The second-order valence-corrected chi connectivity index (χ2v) is 5.57. The first-order valence-electron chi connectivity index (χ1n) is 5.69. The molecule has 1 aromatic carbocycles. The number of halogens is 2. The monoisotopic (exact) mass is 324 g/mol. The van der Waals surface area contributed by atoms with Gasteiger partial charge in [0.2, 0.25) is 0 Å². The Morgan fingerprint density at radius 1 is 1.39 bits per heavy atom. The Labute approximate surface area is 120 Å². The Bertz CT molecular complexity index is 557. The number of hydrogen-bond acceptors (Lipinski definition) is 2. The molecule has 0 saturated carbocycles. The van der Waals surface area contributed by atoms with Crippen LogP contribution in [0.15, 0.2) is 41.0 Å². The summed E-state index contributed by atoms with van der Waals surface area (Å²) in [5.74, 6) is 0. The van der Waals surface area contributed by atoms with Crippen LogP contribution in [0.2, 0.25) is 5.02 Å². The zero-order valence-corrected chi connectivity index (χ0v) is 12.4. The number of aryl methyl sites for hydroxylation is 1. The van der Waals surface area contributed by atoms with E-state index in [4.69, 9.17) is 17.3 Å². The van der Waals surface area contributed by atoms with Crippen molar-refractivity contribution < 1.29 is 0 Å². The third-order valence-corrected chi connectivity index (χ3v) is 3.71. The Hall–Kier alpha value is -0.900. The molecule has 0 spiro atoms. The van der Waals surface area contributed by atoms with Crippen molar-refractivity contribution >= 4 is 27.5 Å². The van der Waals surface area contributed by atoms with Crippen molar-refractivity contribution in [2.24, 2.45) is 5.73 Å². The highest BCUT2D eigenvalue weighted by Gasteiger charge is 2.13. The number of benzene rings is 1. The van der Waals surface area contributed by atoms with E-state index >= 15 is 0 Å². The fraction of sp³-hybridized carbons (Fsp3) is 0.214. The number of hydrogen-bond donors (Lipinski definition) is 1. The van der Waals surface area contributed by atoms with Crippen molar-refractivity contribution in [1.82, 2.24) is 4.98 Å². The Kier molecular flexibility index (Phi) is 4.38. The van der Waals surface area contributed by atoms with Crippen LogP contribution in [-0.4, -0.2) is 4.98 Å². The number of aromatic nitrogens is 1. The predicted molar refractivity (Wildman–Crippen MR) is 78.8 cm³/mol. The zero-order chi connectivity index (χ0) is 13.1. The number of nitrogens with two attached hydrogens (primary N) is 1. The van der Waals surface area contributed by atoms with Gasteiger partial charge < -0.3 is 5.73 Å². The molecule has 1 unspecified atom stereocenters. The van der Waals surface area contributed by atoms with E-state index in [0.717, 1.165) is 21.3 Å². The van der Waals surface area contributed by atoms with Gasteiger partial charge >= 0.3 is 0 Å². The van der Waals surface area contributed by atoms with Crippen molar-refractivity contribution in [1.29, 1.82) is 0 Å². The van der Waals surface area contributed by atoms with Crippen molar-refractivity contribution in [3.63, 3.8) is 0 Å². The van der Waals surface area contributed by atoms with Crippen LogP contribution in [0.4, 0.5) is 0 Å². The maximum absolute atomic E-state index is 6.21. The van der Waals surface area contributed by atoms with Gasteiger partial charge in [0.15, 0.2) is 0 Å². The predicted octanol–water partition coefficient (Wildman–Crippen LogP) is 4.05. The highest BCUT2D eigenvalue weighted by Crippen LogP contribution is 2.27. The number of rotatable bonds is 3. The smallest absolute Gasteiger partial charge is 0.0465 e. The highest BCUT2D eigenvalue weighted by atomic mass is 79.9. The van der Waals surface area contributed by atoms with Gasteiger partial charge in [0, 0.05) is 33.8 Å². The molecular weight excluding hydrogens is 312 g/mol. The minimum atomic E-state index is -0.140. The molecule has 94 valence electrons. The molecule has 4 heteroatoms. The SMILES string of the molecule is Cc1cccnc1CC(N)c1ccc(Br)cc1Cl. The lowest BCUT2D eigenvalue weighted by Crippen LogP contribution is -2.15. The lowest BCUT2D eigenvalue weighted by atomic mass is 10.0. The first-order chi connectivity index (χ1) is 8.58. The van der Waals surface area contributed by atoms with Crippen LogP contribution in [0.25, 0.3) is 0 Å². The van der Waals surface area contributed by atoms with Gasteiger partial charge in [-0.25, -0.2) is 0 Å². The lowest BCUT2D eigenvalue weighted by molar-refractivity contribution is 0.703. The minimum absolute atomic E-state index is 0.140. The quantitative estimate of drug-likeness (QED) is 0.924. The molecule has 1 heterocycles. The van der Waals surface area contributed by atoms with Crippen molar-refractivity contribution in [3.05, 3.63) is 62.8 Å². The van der Waals surface area contributed by atoms with Gasteiger partial charge in [0.25, 0.3) is 0 Å². The summed E-state index contributed by atoms with van der Waals surface area (Å²) in [5.41, 5.74) is 9.33. The molecule has 18 heavy (non-hydrogen) atoms. The van der Waals surface area contributed by atoms with Crippen molar-refractivity contribution in [3.8, 4) is 0 Å². The zero-order valence-electron chi connectivity index (χ0n) is 10.0. The van der Waals surface area contributed by atoms with Crippen LogP contribution < -0.4 is 5.73 Å². The van der Waals surface area contributed by atoms with Gasteiger partial charge in [-0.15, -0.1) is 0 Å². The summed E-state index contributed by atoms with van der Waals surface area (Å²) in [6, 6.07) is 9.60. The van der Waals surface area contributed by atoms with Gasteiger partial charge in [0.05, 0.1) is 0 Å². The molecule has 0 aliphatic heterocycles. The molecule has 0 aliphatic carbocycles. The van der Waals surface area contributed by atoms with Crippen molar-refractivity contribution in [2.75, 3.05) is 0 Å². The lowest BCUT2D eigenvalue weighted by Gasteiger charge is -2.14. The van der Waals surface area contributed by atoms with Gasteiger partial charge in [-0.1, -0.05) is 39.7 Å². The second-order valence-electron chi connectivity index (χ2n) is 4.24. The molecule has 0 radical (unpaired) electrons. The molecule has 0 fully saturated rings. The van der Waals surface area contributed by atoms with E-state index in [1.807, 2.05) is 37.3 Å². The van der Waals surface area contributed by atoms with Crippen LogP contribution >= 0.6 is 27.5 Å². The average molecular weight is 326 g/mol. The fourth-order valence-electron chi connectivity index (χ4n) is 1.85. The van der Waals surface area contributed by atoms with Crippen molar-refractivity contribution in [2.45, 2.75) is 19.4 Å². The molecule has 0 aliphatic rings. The standard InChI is InChI=1S/C14H14BrClN2/c1-9-3-2-6-18-14(9)8-13(17)11-5-4-10(15)7-12(11)16/h2-7,13H,8,17H2,1H3. The van der Waals surface area contributed by atoms with E-state index in [1.54, 1.807) is 6.20 Å².